The van der Waals surface area contributed by atoms with Crippen molar-refractivity contribution in [2.75, 3.05) is 0 Å². The van der Waals surface area contributed by atoms with E-state index < -0.39 is 27.3 Å². The van der Waals surface area contributed by atoms with Gasteiger partial charge in [0.15, 0.2) is 0 Å². The molecule has 1 aromatic rings. The van der Waals surface area contributed by atoms with Crippen molar-refractivity contribution in [1.29, 1.82) is 0 Å². The molecule has 1 saturated carbocycles. The average molecular weight is 354 g/mol. The maximum absolute atomic E-state index is 12.8. The number of rotatable bonds is 4. The number of carboxylic acid groups (broad SMARTS) is 1. The number of sulfonamides is 1. The van der Waals surface area contributed by atoms with Crippen molar-refractivity contribution in [3.8, 4) is 0 Å². The molecule has 1 aliphatic rings. The van der Waals surface area contributed by atoms with E-state index in [-0.39, 0.29) is 4.90 Å². The number of hydrogen-bond donors (Lipinski definition) is 2. The Morgan fingerprint density at radius 1 is 1.17 bits per heavy atom. The van der Waals surface area contributed by atoms with Crippen LogP contribution < -0.4 is 4.72 Å². The molecule has 0 radical (unpaired) electrons. The third-order valence-electron chi connectivity index (χ3n) is 4.38. The molecule has 1 aromatic carbocycles. The van der Waals surface area contributed by atoms with Crippen LogP contribution in [0.1, 0.15) is 52.0 Å². The molecule has 24 heavy (non-hydrogen) atoms. The first-order chi connectivity index (χ1) is 11.0. The standard InChI is InChI=1S/C17H26N2O4S/c1-13-7-9-14(10-8-13)24(22,23)18-17(11-5-6-12-17)19(15(20)21)16(2,3)4/h7-10,18H,5-6,11-12H2,1-4H3,(H,20,21). The summed E-state index contributed by atoms with van der Waals surface area (Å²) in [5.74, 6) is 0. The van der Waals surface area contributed by atoms with Crippen LogP contribution in [0.3, 0.4) is 0 Å². The quantitative estimate of drug-likeness (QED) is 0.812. The molecule has 7 heteroatoms. The number of nitrogens with one attached hydrogen (secondary N) is 1. The maximum Gasteiger partial charge on any atom is 0.409 e. The van der Waals surface area contributed by atoms with Gasteiger partial charge < -0.3 is 5.11 Å². The number of aryl methyl sites for hydroxylation is 1. The molecule has 6 nitrogen and oxygen atoms in total. The predicted octanol–water partition coefficient (Wildman–Crippen LogP) is 3.32. The lowest BCUT2D eigenvalue weighted by atomic mass is 9.98. The average Bonchev–Trinajstić information content (AvgIpc) is 2.84. The summed E-state index contributed by atoms with van der Waals surface area (Å²) in [5.41, 5.74) is -0.855. The van der Waals surface area contributed by atoms with Crippen LogP contribution in [0.15, 0.2) is 29.2 Å². The van der Waals surface area contributed by atoms with E-state index in [9.17, 15) is 18.3 Å². The molecule has 1 amide bonds. The second-order valence-corrected chi connectivity index (χ2v) is 9.13. The van der Waals surface area contributed by atoms with Crippen molar-refractivity contribution in [3.05, 3.63) is 29.8 Å². The smallest absolute Gasteiger partial charge is 0.409 e. The Kier molecular flexibility index (Phi) is 4.97. The van der Waals surface area contributed by atoms with E-state index in [1.165, 1.54) is 4.90 Å². The molecule has 0 spiro atoms. The Labute approximate surface area is 143 Å². The monoisotopic (exact) mass is 354 g/mol. The summed E-state index contributed by atoms with van der Waals surface area (Å²) in [7, 11) is -3.81. The minimum Gasteiger partial charge on any atom is -0.465 e. The van der Waals surface area contributed by atoms with Gasteiger partial charge in [0, 0.05) is 5.54 Å². The number of nitrogens with zero attached hydrogens (tertiary/aromatic N) is 1. The van der Waals surface area contributed by atoms with Crippen LogP contribution in [0.5, 0.6) is 0 Å². The fraction of sp³-hybridized carbons (Fsp3) is 0.588. The highest BCUT2D eigenvalue weighted by atomic mass is 32.2. The van der Waals surface area contributed by atoms with E-state index in [4.69, 9.17) is 0 Å². The van der Waals surface area contributed by atoms with Crippen molar-refractivity contribution < 1.29 is 18.3 Å². The second-order valence-electron chi connectivity index (χ2n) is 7.45. The van der Waals surface area contributed by atoms with E-state index in [1.54, 1.807) is 45.0 Å². The van der Waals surface area contributed by atoms with E-state index >= 15 is 0 Å². The number of carbonyl (C=O) groups is 1. The van der Waals surface area contributed by atoms with Gasteiger partial charge in [0.1, 0.15) is 5.66 Å². The third-order valence-corrected chi connectivity index (χ3v) is 5.92. The SMILES string of the molecule is Cc1ccc(S(=O)(=O)NC2(N(C(=O)O)C(C)(C)C)CCCC2)cc1. The van der Waals surface area contributed by atoms with Gasteiger partial charge in [-0.2, -0.15) is 4.72 Å². The molecule has 0 bridgehead atoms. The highest BCUT2D eigenvalue weighted by molar-refractivity contribution is 7.89. The van der Waals surface area contributed by atoms with Crippen LogP contribution in [0, 0.1) is 6.92 Å². The van der Waals surface area contributed by atoms with Gasteiger partial charge in [-0.05, 0) is 65.5 Å². The molecule has 0 saturated heterocycles. The third kappa shape index (κ3) is 3.72. The molecule has 134 valence electrons. The van der Waals surface area contributed by atoms with E-state index in [0.29, 0.717) is 12.8 Å². The molecular formula is C17H26N2O4S. The van der Waals surface area contributed by atoms with E-state index in [1.807, 2.05) is 6.92 Å². The topological polar surface area (TPSA) is 86.7 Å². The minimum atomic E-state index is -3.81. The Bertz CT molecular complexity index is 699. The van der Waals surface area contributed by atoms with Crippen LogP contribution in [-0.4, -0.2) is 35.7 Å². The summed E-state index contributed by atoms with van der Waals surface area (Å²) in [6.07, 6.45) is 1.41. The molecule has 2 N–H and O–H groups in total. The first-order valence-corrected chi connectivity index (χ1v) is 9.60. The molecule has 1 fully saturated rings. The zero-order valence-electron chi connectivity index (χ0n) is 14.7. The summed E-state index contributed by atoms with van der Waals surface area (Å²) in [5, 5.41) is 9.73. The first-order valence-electron chi connectivity index (χ1n) is 8.12. The summed E-state index contributed by atoms with van der Waals surface area (Å²) in [6, 6.07) is 6.55. The number of hydrogen-bond acceptors (Lipinski definition) is 3. The highest BCUT2D eigenvalue weighted by Crippen LogP contribution is 2.38. The van der Waals surface area contributed by atoms with E-state index in [0.717, 1.165) is 18.4 Å². The molecule has 0 aromatic heterocycles. The van der Waals surface area contributed by atoms with Crippen molar-refractivity contribution >= 4 is 16.1 Å². The minimum absolute atomic E-state index is 0.152. The lowest BCUT2D eigenvalue weighted by molar-refractivity contribution is 0.0121. The largest absolute Gasteiger partial charge is 0.465 e. The fourth-order valence-corrected chi connectivity index (χ4v) is 4.88. The lowest BCUT2D eigenvalue weighted by Crippen LogP contribution is -2.66. The van der Waals surface area contributed by atoms with Crippen molar-refractivity contribution in [2.24, 2.45) is 0 Å². The summed E-state index contributed by atoms with van der Waals surface area (Å²) in [4.78, 5) is 13.3. The molecule has 0 aliphatic heterocycles. The summed E-state index contributed by atoms with van der Waals surface area (Å²) >= 11 is 0. The van der Waals surface area contributed by atoms with Gasteiger partial charge in [-0.25, -0.2) is 13.2 Å². The number of amides is 1. The second kappa shape index (κ2) is 6.37. The number of benzene rings is 1. The van der Waals surface area contributed by atoms with Gasteiger partial charge in [-0.15, -0.1) is 0 Å². The van der Waals surface area contributed by atoms with Crippen LogP contribution in [-0.2, 0) is 10.0 Å². The Morgan fingerprint density at radius 3 is 2.08 bits per heavy atom. The zero-order valence-corrected chi connectivity index (χ0v) is 15.5. The molecule has 2 rings (SSSR count). The van der Waals surface area contributed by atoms with Gasteiger partial charge in [0.2, 0.25) is 10.0 Å². The van der Waals surface area contributed by atoms with Gasteiger partial charge in [-0.1, -0.05) is 17.7 Å². The van der Waals surface area contributed by atoms with Gasteiger partial charge in [0.05, 0.1) is 4.90 Å². The molecule has 0 heterocycles. The van der Waals surface area contributed by atoms with E-state index in [2.05, 4.69) is 4.72 Å². The van der Waals surface area contributed by atoms with Crippen LogP contribution >= 0.6 is 0 Å². The van der Waals surface area contributed by atoms with Crippen molar-refractivity contribution in [3.63, 3.8) is 0 Å². The van der Waals surface area contributed by atoms with Crippen molar-refractivity contribution in [1.82, 2.24) is 9.62 Å². The normalized spacial score (nSPS) is 17.7. The van der Waals surface area contributed by atoms with Gasteiger partial charge in [-0.3, -0.25) is 4.90 Å². The molecule has 0 atom stereocenters. The highest BCUT2D eigenvalue weighted by Gasteiger charge is 2.49. The zero-order chi connectivity index (χ0) is 18.2. The van der Waals surface area contributed by atoms with Crippen LogP contribution in [0.2, 0.25) is 0 Å². The Morgan fingerprint density at radius 2 is 1.67 bits per heavy atom. The summed E-state index contributed by atoms with van der Waals surface area (Å²) < 4.78 is 28.4. The maximum atomic E-state index is 12.8. The Hall–Kier alpha value is -1.60. The fourth-order valence-electron chi connectivity index (χ4n) is 3.47. The molecular weight excluding hydrogens is 328 g/mol. The van der Waals surface area contributed by atoms with Crippen LogP contribution in [0.4, 0.5) is 4.79 Å². The van der Waals surface area contributed by atoms with Crippen molar-refractivity contribution in [2.45, 2.75) is 69.5 Å². The lowest BCUT2D eigenvalue weighted by Gasteiger charge is -2.47. The van der Waals surface area contributed by atoms with Crippen LogP contribution in [0.25, 0.3) is 0 Å². The first kappa shape index (κ1) is 18.7. The Balaban J connectivity index is 2.44. The van der Waals surface area contributed by atoms with Gasteiger partial charge in [0.25, 0.3) is 0 Å². The molecule has 0 unspecified atom stereocenters. The predicted molar refractivity (Wildman–Crippen MR) is 92.3 cm³/mol. The summed E-state index contributed by atoms with van der Waals surface area (Å²) in [6.45, 7) is 7.22. The molecule has 1 aliphatic carbocycles. The van der Waals surface area contributed by atoms with Gasteiger partial charge >= 0.3 is 6.09 Å².